The van der Waals surface area contributed by atoms with Gasteiger partial charge < -0.3 is 10.6 Å². The molecule has 6 heteroatoms. The summed E-state index contributed by atoms with van der Waals surface area (Å²) in [6.45, 7) is 0.428. The number of hydrogen-bond acceptors (Lipinski definition) is 4. The molecule has 1 saturated carbocycles. The maximum Gasteiger partial charge on any atom is 0.242 e. The Morgan fingerprint density at radius 2 is 2.50 bits per heavy atom. The van der Waals surface area contributed by atoms with E-state index in [-0.39, 0.29) is 5.91 Å². The molecule has 0 bridgehead atoms. The molecule has 0 unspecified atom stereocenters. The lowest BCUT2D eigenvalue weighted by atomic mass is 10.2. The van der Waals surface area contributed by atoms with Crippen LogP contribution in [0, 0.1) is 0 Å². The van der Waals surface area contributed by atoms with Gasteiger partial charge in [-0.1, -0.05) is 0 Å². The first-order valence-electron chi connectivity index (χ1n) is 4.50. The molecule has 1 amide bonds. The number of carbonyl (C=O) groups excluding carboxylic acids is 1. The highest BCUT2D eigenvalue weighted by Crippen LogP contribution is 2.33. The summed E-state index contributed by atoms with van der Waals surface area (Å²) in [5.74, 6) is 0.652. The van der Waals surface area contributed by atoms with Crippen LogP contribution in [0.25, 0.3) is 0 Å². The molecular formula is C8H13N5O. The van der Waals surface area contributed by atoms with Gasteiger partial charge in [0.05, 0.1) is 12.1 Å². The Hall–Kier alpha value is -1.43. The van der Waals surface area contributed by atoms with Crippen LogP contribution < -0.4 is 5.73 Å². The van der Waals surface area contributed by atoms with Gasteiger partial charge in [0.25, 0.3) is 0 Å². The number of rotatable bonds is 3. The standard InChI is InChI=1S/C8H13N5O/c1-13(4-6-10-5-11-12-6)7(14)8(9)2-3-8/h5H,2-4,9H2,1H3,(H,10,11,12). The van der Waals surface area contributed by atoms with Crippen LogP contribution in [-0.2, 0) is 11.3 Å². The zero-order valence-corrected chi connectivity index (χ0v) is 8.03. The predicted octanol–water partition coefficient (Wildman–Crippen LogP) is -0.746. The second kappa shape index (κ2) is 3.06. The lowest BCUT2D eigenvalue weighted by Gasteiger charge is -2.19. The summed E-state index contributed by atoms with van der Waals surface area (Å²) in [4.78, 5) is 17.2. The average molecular weight is 195 g/mol. The zero-order chi connectivity index (χ0) is 10.2. The van der Waals surface area contributed by atoms with Crippen LogP contribution in [0.4, 0.5) is 0 Å². The SMILES string of the molecule is CN(Cc1ncn[nH]1)C(=O)C1(N)CC1. The smallest absolute Gasteiger partial charge is 0.242 e. The van der Waals surface area contributed by atoms with Crippen molar-refractivity contribution < 1.29 is 4.79 Å². The minimum absolute atomic E-state index is 0.0195. The number of carbonyl (C=O) groups is 1. The second-order valence-electron chi connectivity index (χ2n) is 3.75. The van der Waals surface area contributed by atoms with Gasteiger partial charge in [0.1, 0.15) is 12.2 Å². The fraction of sp³-hybridized carbons (Fsp3) is 0.625. The summed E-state index contributed by atoms with van der Waals surface area (Å²) in [5.41, 5.74) is 5.18. The molecule has 0 radical (unpaired) electrons. The summed E-state index contributed by atoms with van der Waals surface area (Å²) >= 11 is 0. The van der Waals surface area contributed by atoms with Gasteiger partial charge in [-0.15, -0.1) is 0 Å². The van der Waals surface area contributed by atoms with E-state index in [1.54, 1.807) is 11.9 Å². The third-order valence-corrected chi connectivity index (χ3v) is 2.41. The lowest BCUT2D eigenvalue weighted by molar-refractivity contribution is -0.132. The third-order valence-electron chi connectivity index (χ3n) is 2.41. The quantitative estimate of drug-likeness (QED) is 0.664. The number of nitrogens with zero attached hydrogens (tertiary/aromatic N) is 3. The molecule has 0 aliphatic heterocycles. The van der Waals surface area contributed by atoms with Gasteiger partial charge in [0, 0.05) is 7.05 Å². The van der Waals surface area contributed by atoms with Crippen molar-refractivity contribution in [2.45, 2.75) is 24.9 Å². The Labute approximate surface area is 81.5 Å². The zero-order valence-electron chi connectivity index (χ0n) is 8.03. The first-order valence-corrected chi connectivity index (χ1v) is 4.50. The van der Waals surface area contributed by atoms with Crippen molar-refractivity contribution in [1.82, 2.24) is 20.1 Å². The van der Waals surface area contributed by atoms with Gasteiger partial charge in [-0.05, 0) is 12.8 Å². The summed E-state index contributed by atoms with van der Waals surface area (Å²) in [6.07, 6.45) is 2.99. The molecule has 1 aromatic heterocycles. The molecule has 14 heavy (non-hydrogen) atoms. The van der Waals surface area contributed by atoms with Crippen LogP contribution in [0.15, 0.2) is 6.33 Å². The molecular weight excluding hydrogens is 182 g/mol. The van der Waals surface area contributed by atoms with E-state index in [2.05, 4.69) is 15.2 Å². The summed E-state index contributed by atoms with van der Waals surface area (Å²) in [7, 11) is 1.72. The molecule has 2 rings (SSSR count). The molecule has 1 aliphatic rings. The highest BCUT2D eigenvalue weighted by atomic mass is 16.2. The Bertz CT molecular complexity index is 330. The molecule has 3 N–H and O–H groups in total. The van der Waals surface area contributed by atoms with E-state index in [9.17, 15) is 4.79 Å². The summed E-state index contributed by atoms with van der Waals surface area (Å²) in [5, 5.41) is 6.41. The Morgan fingerprint density at radius 1 is 1.79 bits per heavy atom. The average Bonchev–Trinajstić information content (AvgIpc) is 2.71. The number of aromatic nitrogens is 3. The lowest BCUT2D eigenvalue weighted by Crippen LogP contribution is -2.43. The van der Waals surface area contributed by atoms with Crippen molar-refractivity contribution in [2.24, 2.45) is 5.73 Å². The molecule has 1 aromatic rings. The van der Waals surface area contributed by atoms with Gasteiger partial charge in [0.2, 0.25) is 5.91 Å². The summed E-state index contributed by atoms with van der Waals surface area (Å²) < 4.78 is 0. The maximum atomic E-state index is 11.7. The van der Waals surface area contributed by atoms with Crippen LogP contribution >= 0.6 is 0 Å². The van der Waals surface area contributed by atoms with E-state index in [4.69, 9.17) is 5.73 Å². The van der Waals surface area contributed by atoms with Crippen molar-refractivity contribution in [3.8, 4) is 0 Å². The van der Waals surface area contributed by atoms with Crippen molar-refractivity contribution in [3.05, 3.63) is 12.2 Å². The van der Waals surface area contributed by atoms with Crippen molar-refractivity contribution in [1.29, 1.82) is 0 Å². The van der Waals surface area contributed by atoms with E-state index in [0.717, 1.165) is 12.8 Å². The predicted molar refractivity (Wildman–Crippen MR) is 49.0 cm³/mol. The first-order chi connectivity index (χ1) is 6.62. The Morgan fingerprint density at radius 3 is 3.00 bits per heavy atom. The highest BCUT2D eigenvalue weighted by Gasteiger charge is 2.47. The molecule has 1 fully saturated rings. The minimum Gasteiger partial charge on any atom is -0.337 e. The van der Waals surface area contributed by atoms with Crippen LogP contribution in [0.5, 0.6) is 0 Å². The summed E-state index contributed by atoms with van der Waals surface area (Å²) in [6, 6.07) is 0. The third kappa shape index (κ3) is 1.60. The fourth-order valence-electron chi connectivity index (χ4n) is 1.33. The van der Waals surface area contributed by atoms with E-state index < -0.39 is 5.54 Å². The van der Waals surface area contributed by atoms with Crippen molar-refractivity contribution >= 4 is 5.91 Å². The molecule has 0 spiro atoms. The van der Waals surface area contributed by atoms with E-state index in [1.807, 2.05) is 0 Å². The Kier molecular flexibility index (Phi) is 1.99. The largest absolute Gasteiger partial charge is 0.337 e. The van der Waals surface area contributed by atoms with Gasteiger partial charge in [0.15, 0.2) is 0 Å². The van der Waals surface area contributed by atoms with E-state index in [0.29, 0.717) is 12.4 Å². The minimum atomic E-state index is -0.602. The van der Waals surface area contributed by atoms with Crippen molar-refractivity contribution in [2.75, 3.05) is 7.05 Å². The van der Waals surface area contributed by atoms with Crippen LogP contribution in [0.3, 0.4) is 0 Å². The molecule has 0 aromatic carbocycles. The number of H-pyrrole nitrogens is 1. The van der Waals surface area contributed by atoms with Gasteiger partial charge >= 0.3 is 0 Å². The monoisotopic (exact) mass is 195 g/mol. The van der Waals surface area contributed by atoms with E-state index in [1.165, 1.54) is 6.33 Å². The number of hydrogen-bond donors (Lipinski definition) is 2. The number of nitrogens with one attached hydrogen (secondary N) is 1. The number of nitrogens with two attached hydrogens (primary N) is 1. The number of amides is 1. The van der Waals surface area contributed by atoms with E-state index >= 15 is 0 Å². The molecule has 1 aliphatic carbocycles. The van der Waals surface area contributed by atoms with Gasteiger partial charge in [-0.2, -0.15) is 5.10 Å². The van der Waals surface area contributed by atoms with Gasteiger partial charge in [-0.25, -0.2) is 4.98 Å². The first kappa shape index (κ1) is 9.14. The van der Waals surface area contributed by atoms with Crippen LogP contribution in [-0.4, -0.2) is 38.6 Å². The van der Waals surface area contributed by atoms with Crippen molar-refractivity contribution in [3.63, 3.8) is 0 Å². The van der Waals surface area contributed by atoms with Crippen LogP contribution in [0.1, 0.15) is 18.7 Å². The number of aromatic amines is 1. The van der Waals surface area contributed by atoms with Crippen LogP contribution in [0.2, 0.25) is 0 Å². The second-order valence-corrected chi connectivity index (χ2v) is 3.75. The van der Waals surface area contributed by atoms with Gasteiger partial charge in [-0.3, -0.25) is 9.89 Å². The molecule has 0 atom stereocenters. The molecule has 1 heterocycles. The topological polar surface area (TPSA) is 87.9 Å². The Balaban J connectivity index is 1.96. The molecule has 0 saturated heterocycles. The normalized spacial score (nSPS) is 17.9. The molecule has 76 valence electrons. The molecule has 6 nitrogen and oxygen atoms in total. The maximum absolute atomic E-state index is 11.7. The fourth-order valence-corrected chi connectivity index (χ4v) is 1.33. The number of likely N-dealkylation sites (N-methyl/N-ethyl adjacent to an activating group) is 1. The highest BCUT2D eigenvalue weighted by molar-refractivity contribution is 5.88.